The molecular formula is C17H21N7O2S. The summed E-state index contributed by atoms with van der Waals surface area (Å²) in [6, 6.07) is 1.96. The molecule has 9 nitrogen and oxygen atoms in total. The van der Waals surface area contributed by atoms with Crippen LogP contribution < -0.4 is 11.1 Å². The van der Waals surface area contributed by atoms with E-state index in [1.807, 2.05) is 13.1 Å². The number of nitrogens with zero attached hydrogens (tertiary/aromatic N) is 4. The molecule has 1 aliphatic rings. The molecule has 2 unspecified atom stereocenters. The van der Waals surface area contributed by atoms with Crippen molar-refractivity contribution in [2.75, 3.05) is 11.9 Å². The van der Waals surface area contributed by atoms with E-state index in [0.717, 1.165) is 30.7 Å². The van der Waals surface area contributed by atoms with Crippen LogP contribution in [-0.2, 0) is 11.8 Å². The number of anilines is 1. The molecule has 0 aliphatic carbocycles. The molecule has 4 rings (SSSR count). The average molecular weight is 387 g/mol. The normalized spacial score (nSPS) is 20.4. The summed E-state index contributed by atoms with van der Waals surface area (Å²) in [5.74, 6) is -0.281. The minimum atomic E-state index is -0.281. The number of aromatic amines is 1. The Morgan fingerprint density at radius 3 is 3.15 bits per heavy atom. The van der Waals surface area contributed by atoms with Crippen molar-refractivity contribution >= 4 is 22.9 Å². The number of rotatable bonds is 4. The predicted molar refractivity (Wildman–Crippen MR) is 101 cm³/mol. The van der Waals surface area contributed by atoms with Crippen molar-refractivity contribution in [1.29, 1.82) is 0 Å². The van der Waals surface area contributed by atoms with Gasteiger partial charge in [-0.1, -0.05) is 0 Å². The van der Waals surface area contributed by atoms with E-state index in [2.05, 4.69) is 25.6 Å². The standard InChI is InChI=1S/C17H21N7O2S/c1-24-15(14-3-2-10(18)5-7-26-14)12(8-20-24)21-16(25)13-9-27-17(22-13)11-4-6-19-23-11/h4,6,8-10,14H,2-3,5,7,18H2,1H3,(H,19,23)(H,21,25). The van der Waals surface area contributed by atoms with Crippen LogP contribution in [0.4, 0.5) is 5.69 Å². The molecule has 0 bridgehead atoms. The van der Waals surface area contributed by atoms with Gasteiger partial charge in [0.1, 0.15) is 16.8 Å². The molecule has 2 atom stereocenters. The number of amides is 1. The molecule has 3 aromatic rings. The molecule has 10 heteroatoms. The first kappa shape index (κ1) is 17.8. The maximum atomic E-state index is 12.7. The van der Waals surface area contributed by atoms with Crippen LogP contribution in [0.25, 0.3) is 10.7 Å². The lowest BCUT2D eigenvalue weighted by atomic mass is 10.1. The monoisotopic (exact) mass is 387 g/mol. The molecule has 0 spiro atoms. The Morgan fingerprint density at radius 2 is 2.33 bits per heavy atom. The quantitative estimate of drug-likeness (QED) is 0.630. The van der Waals surface area contributed by atoms with Gasteiger partial charge in [-0.2, -0.15) is 10.2 Å². The minimum Gasteiger partial charge on any atom is -0.372 e. The Labute approximate surface area is 159 Å². The maximum absolute atomic E-state index is 12.7. The van der Waals surface area contributed by atoms with Crippen molar-refractivity contribution in [3.05, 3.63) is 35.2 Å². The Hall–Kier alpha value is -2.56. The fraction of sp³-hybridized carbons (Fsp3) is 0.412. The third-order valence-corrected chi connectivity index (χ3v) is 5.49. The van der Waals surface area contributed by atoms with E-state index in [1.165, 1.54) is 11.3 Å². The SMILES string of the molecule is Cn1ncc(NC(=O)c2csc(-c3ccn[nH]3)n2)c1C1CCC(N)CCO1. The van der Waals surface area contributed by atoms with Gasteiger partial charge < -0.3 is 15.8 Å². The van der Waals surface area contributed by atoms with Crippen LogP contribution in [0.1, 0.15) is 41.5 Å². The fourth-order valence-corrected chi connectivity index (χ4v) is 3.93. The van der Waals surface area contributed by atoms with E-state index in [0.29, 0.717) is 23.0 Å². The van der Waals surface area contributed by atoms with Crippen molar-refractivity contribution in [2.24, 2.45) is 12.8 Å². The topological polar surface area (TPSA) is 124 Å². The van der Waals surface area contributed by atoms with Gasteiger partial charge in [-0.05, 0) is 25.3 Å². The highest BCUT2D eigenvalue weighted by Gasteiger charge is 2.25. The summed E-state index contributed by atoms with van der Waals surface area (Å²) in [6.07, 6.45) is 5.66. The number of carbonyl (C=O) groups is 1. The molecule has 27 heavy (non-hydrogen) atoms. The lowest BCUT2D eigenvalue weighted by Gasteiger charge is -2.17. The van der Waals surface area contributed by atoms with Gasteiger partial charge in [0.15, 0.2) is 0 Å². The molecule has 0 saturated carbocycles. The number of ether oxygens (including phenoxy) is 1. The van der Waals surface area contributed by atoms with Crippen molar-refractivity contribution in [1.82, 2.24) is 25.0 Å². The summed E-state index contributed by atoms with van der Waals surface area (Å²) in [5, 5.41) is 16.4. The van der Waals surface area contributed by atoms with E-state index in [9.17, 15) is 4.79 Å². The first-order valence-electron chi connectivity index (χ1n) is 8.77. The zero-order valence-corrected chi connectivity index (χ0v) is 15.7. The summed E-state index contributed by atoms with van der Waals surface area (Å²) in [6.45, 7) is 0.601. The molecule has 1 amide bonds. The number of aryl methyl sites for hydroxylation is 1. The van der Waals surface area contributed by atoms with Crippen molar-refractivity contribution in [3.8, 4) is 10.7 Å². The number of nitrogens with two attached hydrogens (primary N) is 1. The molecule has 1 aliphatic heterocycles. The van der Waals surface area contributed by atoms with E-state index < -0.39 is 0 Å². The lowest BCUT2D eigenvalue weighted by Crippen LogP contribution is -2.19. The average Bonchev–Trinajstić information content (AvgIpc) is 3.37. The summed E-state index contributed by atoms with van der Waals surface area (Å²) >= 11 is 1.38. The number of hydrogen-bond acceptors (Lipinski definition) is 7. The Bertz CT molecular complexity index is 918. The Kier molecular flexibility index (Phi) is 5.01. The van der Waals surface area contributed by atoms with Crippen LogP contribution >= 0.6 is 11.3 Å². The zero-order chi connectivity index (χ0) is 18.8. The van der Waals surface area contributed by atoms with Crippen LogP contribution in [0.2, 0.25) is 0 Å². The number of hydrogen-bond donors (Lipinski definition) is 3. The van der Waals surface area contributed by atoms with Gasteiger partial charge >= 0.3 is 0 Å². The summed E-state index contributed by atoms with van der Waals surface area (Å²) in [7, 11) is 1.85. The molecule has 3 aromatic heterocycles. The highest BCUT2D eigenvalue weighted by atomic mass is 32.1. The second-order valence-corrected chi connectivity index (χ2v) is 7.37. The second-order valence-electron chi connectivity index (χ2n) is 6.51. The van der Waals surface area contributed by atoms with E-state index in [-0.39, 0.29) is 18.1 Å². The van der Waals surface area contributed by atoms with Crippen molar-refractivity contribution in [3.63, 3.8) is 0 Å². The van der Waals surface area contributed by atoms with Gasteiger partial charge in [-0.3, -0.25) is 14.6 Å². The molecule has 0 aromatic carbocycles. The Balaban J connectivity index is 1.52. The first-order chi connectivity index (χ1) is 13.1. The number of nitrogens with one attached hydrogen (secondary N) is 2. The minimum absolute atomic E-state index is 0.141. The number of thiazole rings is 1. The highest BCUT2D eigenvalue weighted by Crippen LogP contribution is 2.32. The largest absolute Gasteiger partial charge is 0.372 e. The van der Waals surface area contributed by atoms with Gasteiger partial charge in [0, 0.05) is 31.3 Å². The third kappa shape index (κ3) is 3.77. The molecule has 4 N–H and O–H groups in total. The van der Waals surface area contributed by atoms with Gasteiger partial charge in [-0.25, -0.2) is 4.98 Å². The van der Waals surface area contributed by atoms with Crippen LogP contribution in [0.3, 0.4) is 0 Å². The van der Waals surface area contributed by atoms with Gasteiger partial charge in [0.05, 0.1) is 23.3 Å². The van der Waals surface area contributed by atoms with E-state index >= 15 is 0 Å². The third-order valence-electron chi connectivity index (χ3n) is 4.61. The molecule has 142 valence electrons. The van der Waals surface area contributed by atoms with Crippen molar-refractivity contribution < 1.29 is 9.53 Å². The summed E-state index contributed by atoms with van der Waals surface area (Å²) in [4.78, 5) is 17.1. The lowest BCUT2D eigenvalue weighted by molar-refractivity contribution is 0.0529. The van der Waals surface area contributed by atoms with Crippen LogP contribution in [-0.4, -0.2) is 43.5 Å². The fourth-order valence-electron chi connectivity index (χ4n) is 3.16. The maximum Gasteiger partial charge on any atom is 0.275 e. The van der Waals surface area contributed by atoms with Crippen LogP contribution in [0.5, 0.6) is 0 Å². The molecular weight excluding hydrogens is 366 g/mol. The smallest absolute Gasteiger partial charge is 0.275 e. The summed E-state index contributed by atoms with van der Waals surface area (Å²) in [5.41, 5.74) is 8.66. The van der Waals surface area contributed by atoms with Gasteiger partial charge in [0.2, 0.25) is 0 Å². The molecule has 1 saturated heterocycles. The van der Waals surface area contributed by atoms with E-state index in [1.54, 1.807) is 22.5 Å². The summed E-state index contributed by atoms with van der Waals surface area (Å²) < 4.78 is 7.71. The van der Waals surface area contributed by atoms with Crippen LogP contribution in [0.15, 0.2) is 23.8 Å². The molecule has 1 fully saturated rings. The highest BCUT2D eigenvalue weighted by molar-refractivity contribution is 7.13. The van der Waals surface area contributed by atoms with Gasteiger partial charge in [0.25, 0.3) is 5.91 Å². The second kappa shape index (κ2) is 7.59. The van der Waals surface area contributed by atoms with E-state index in [4.69, 9.17) is 10.5 Å². The molecule has 0 radical (unpaired) electrons. The number of carbonyl (C=O) groups excluding carboxylic acids is 1. The number of aromatic nitrogens is 5. The first-order valence-corrected chi connectivity index (χ1v) is 9.65. The van der Waals surface area contributed by atoms with Crippen LogP contribution in [0, 0.1) is 0 Å². The molecule has 4 heterocycles. The zero-order valence-electron chi connectivity index (χ0n) is 14.9. The Morgan fingerprint density at radius 1 is 1.44 bits per heavy atom. The number of H-pyrrole nitrogens is 1. The van der Waals surface area contributed by atoms with Crippen molar-refractivity contribution in [2.45, 2.75) is 31.4 Å². The van der Waals surface area contributed by atoms with Gasteiger partial charge in [-0.15, -0.1) is 11.3 Å². The predicted octanol–water partition coefficient (Wildman–Crippen LogP) is 2.09.